The van der Waals surface area contributed by atoms with Crippen LogP contribution in [0.2, 0.25) is 0 Å². The largest absolute Gasteiger partial charge is 0.457 e. The van der Waals surface area contributed by atoms with Gasteiger partial charge in [-0.25, -0.2) is 9.97 Å². The predicted molar refractivity (Wildman–Crippen MR) is 252 cm³/mol. The molecule has 10 nitrogen and oxygen atoms in total. The van der Waals surface area contributed by atoms with Gasteiger partial charge < -0.3 is 29.1 Å². The van der Waals surface area contributed by atoms with Gasteiger partial charge in [0.2, 0.25) is 0 Å². The predicted octanol–water partition coefficient (Wildman–Crippen LogP) is 12.1. The van der Waals surface area contributed by atoms with Crippen molar-refractivity contribution in [3.63, 3.8) is 0 Å². The molecule has 0 unspecified atom stereocenters. The molecule has 2 aliphatic rings. The molecule has 0 saturated heterocycles. The molecule has 0 amide bonds. The number of anilines is 2. The summed E-state index contributed by atoms with van der Waals surface area (Å²) in [4.78, 5) is 18.6. The molecule has 0 aliphatic carbocycles. The van der Waals surface area contributed by atoms with Gasteiger partial charge in [0, 0.05) is 97.7 Å². The van der Waals surface area contributed by atoms with Gasteiger partial charge >= 0.3 is 0 Å². The third-order valence-corrected chi connectivity index (χ3v) is 11.8. The normalized spacial score (nSPS) is 14.4. The molecular weight excluding hydrogens is 769 g/mol. The van der Waals surface area contributed by atoms with E-state index in [4.69, 9.17) is 19.4 Å². The van der Waals surface area contributed by atoms with Gasteiger partial charge in [0.1, 0.15) is 34.6 Å². The van der Waals surface area contributed by atoms with Crippen molar-refractivity contribution in [1.82, 2.24) is 28.9 Å². The molecule has 4 aromatic heterocycles. The second-order valence-corrected chi connectivity index (χ2v) is 18.6. The Morgan fingerprint density at radius 1 is 0.468 bits per heavy atom. The second-order valence-electron chi connectivity index (χ2n) is 18.6. The summed E-state index contributed by atoms with van der Waals surface area (Å²) in [5, 5.41) is 2.09. The molecule has 0 radical (unpaired) electrons. The van der Waals surface area contributed by atoms with Crippen LogP contribution < -0.4 is 19.3 Å². The fraction of sp³-hybridized carbons (Fsp3) is 0.231. The summed E-state index contributed by atoms with van der Waals surface area (Å²) >= 11 is 0. The lowest BCUT2D eigenvalue weighted by Gasteiger charge is -2.25. The van der Waals surface area contributed by atoms with Gasteiger partial charge in [-0.2, -0.15) is 0 Å². The molecule has 312 valence electrons. The highest BCUT2D eigenvalue weighted by Crippen LogP contribution is 2.44. The van der Waals surface area contributed by atoms with Crippen molar-refractivity contribution < 1.29 is 9.47 Å². The maximum Gasteiger partial charge on any atom is 0.137 e. The quantitative estimate of drug-likeness (QED) is 0.150. The summed E-state index contributed by atoms with van der Waals surface area (Å²) < 4.78 is 18.1. The van der Waals surface area contributed by atoms with Crippen LogP contribution in [0.15, 0.2) is 146 Å². The summed E-state index contributed by atoms with van der Waals surface area (Å²) in [5.74, 6) is 4.66. The van der Waals surface area contributed by atoms with E-state index in [-0.39, 0.29) is 10.8 Å². The number of benzene rings is 4. The molecule has 8 aromatic rings. The van der Waals surface area contributed by atoms with Crippen molar-refractivity contribution in [2.75, 3.05) is 37.2 Å². The standard InChI is InChI=1S/C52H52N8O2/c1-51(2,3)35-25-37(57-23-21-55(7)33-57)29-41(27-35)61-39-15-17-43-45(31-39)59(47-13-9-11-19-53-47)50-44-18-16-40(32-46(44)60(49(43)50)48-14-10-12-20-54-48)62-42-28-36(52(4,5)6)26-38(30-42)58-24-22-56(8)34-58/h9-32H,33-34H2,1-8H3. The van der Waals surface area contributed by atoms with Gasteiger partial charge in [0.25, 0.3) is 0 Å². The first-order valence-electron chi connectivity index (χ1n) is 21.2. The first-order chi connectivity index (χ1) is 29.8. The number of rotatable bonds is 8. The Bertz CT molecular complexity index is 2840. The van der Waals surface area contributed by atoms with E-state index in [1.54, 1.807) is 0 Å². The SMILES string of the molecule is CN1C=CN(c2cc(Oc3ccc4c(c3)n(-c3ccccn3)c3c5ccc(Oc6cc(N7C=CN(C)C7)cc(C(C)(C)C)c6)cc5n(-c5ccccn5)c43)cc(C(C)(C)C)c2)C1. The summed E-state index contributed by atoms with van der Waals surface area (Å²) in [6, 6.07) is 37.9. The molecular formula is C52H52N8O2. The van der Waals surface area contributed by atoms with Gasteiger partial charge in [-0.15, -0.1) is 0 Å². The molecule has 2 aliphatic heterocycles. The highest BCUT2D eigenvalue weighted by atomic mass is 16.5. The molecule has 0 fully saturated rings. The van der Waals surface area contributed by atoms with E-state index in [2.05, 4.69) is 194 Å². The maximum atomic E-state index is 6.82. The van der Waals surface area contributed by atoms with Crippen LogP contribution in [0, 0.1) is 0 Å². The average Bonchev–Trinajstić information content (AvgIpc) is 4.03. The van der Waals surface area contributed by atoms with Crippen LogP contribution in [-0.2, 0) is 10.8 Å². The molecule has 4 aromatic carbocycles. The Labute approximate surface area is 363 Å². The second kappa shape index (κ2) is 14.8. The molecule has 10 rings (SSSR count). The maximum absolute atomic E-state index is 6.82. The minimum Gasteiger partial charge on any atom is -0.457 e. The number of pyridine rings is 2. The highest BCUT2D eigenvalue weighted by Gasteiger charge is 2.26. The first kappa shape index (κ1) is 39.0. The molecule has 62 heavy (non-hydrogen) atoms. The monoisotopic (exact) mass is 820 g/mol. The van der Waals surface area contributed by atoms with E-state index < -0.39 is 0 Å². The summed E-state index contributed by atoms with van der Waals surface area (Å²) in [6.45, 7) is 15.0. The molecule has 10 heteroatoms. The van der Waals surface area contributed by atoms with E-state index in [0.717, 1.165) is 92.2 Å². The Hall–Kier alpha value is -7.20. The fourth-order valence-corrected chi connectivity index (χ4v) is 8.46. The smallest absolute Gasteiger partial charge is 0.137 e. The van der Waals surface area contributed by atoms with Crippen molar-refractivity contribution in [3.8, 4) is 34.6 Å². The molecule has 6 heterocycles. The van der Waals surface area contributed by atoms with Crippen molar-refractivity contribution in [2.45, 2.75) is 52.4 Å². The first-order valence-corrected chi connectivity index (χ1v) is 21.2. The van der Waals surface area contributed by atoms with Gasteiger partial charge in [0.15, 0.2) is 0 Å². The molecule has 0 N–H and O–H groups in total. The zero-order chi connectivity index (χ0) is 42.9. The Kier molecular flexibility index (Phi) is 9.28. The van der Waals surface area contributed by atoms with Crippen molar-refractivity contribution in [2.24, 2.45) is 0 Å². The third kappa shape index (κ3) is 7.15. The van der Waals surface area contributed by atoms with Gasteiger partial charge in [0.05, 0.1) is 35.4 Å². The molecule has 0 atom stereocenters. The third-order valence-electron chi connectivity index (χ3n) is 11.8. The zero-order valence-corrected chi connectivity index (χ0v) is 36.7. The highest BCUT2D eigenvalue weighted by molar-refractivity contribution is 6.20. The van der Waals surface area contributed by atoms with Crippen LogP contribution >= 0.6 is 0 Å². The molecule has 0 spiro atoms. The van der Waals surface area contributed by atoms with Crippen LogP contribution in [0.1, 0.15) is 52.7 Å². The van der Waals surface area contributed by atoms with E-state index >= 15 is 0 Å². The van der Waals surface area contributed by atoms with Crippen LogP contribution in [0.25, 0.3) is 44.5 Å². The van der Waals surface area contributed by atoms with Gasteiger partial charge in [-0.1, -0.05) is 53.7 Å². The lowest BCUT2D eigenvalue weighted by Crippen LogP contribution is -2.22. The number of ether oxygens (including phenoxy) is 2. The Morgan fingerprint density at radius 2 is 0.903 bits per heavy atom. The van der Waals surface area contributed by atoms with Crippen LogP contribution in [0.3, 0.4) is 0 Å². The van der Waals surface area contributed by atoms with Gasteiger partial charge in [-0.05, 0) is 94.8 Å². The fourth-order valence-electron chi connectivity index (χ4n) is 8.46. The summed E-state index contributed by atoms with van der Waals surface area (Å²) in [7, 11) is 4.17. The van der Waals surface area contributed by atoms with Crippen molar-refractivity contribution in [3.05, 3.63) is 158 Å². The van der Waals surface area contributed by atoms with Crippen molar-refractivity contribution in [1.29, 1.82) is 0 Å². The number of nitrogens with zero attached hydrogens (tertiary/aromatic N) is 8. The molecule has 0 bridgehead atoms. The number of hydrogen-bond donors (Lipinski definition) is 0. The summed E-state index contributed by atoms with van der Waals surface area (Å²) in [6.07, 6.45) is 12.1. The lowest BCUT2D eigenvalue weighted by atomic mass is 9.86. The van der Waals surface area contributed by atoms with Crippen LogP contribution in [0.4, 0.5) is 11.4 Å². The molecule has 0 saturated carbocycles. The average molecular weight is 821 g/mol. The number of hydrogen-bond acceptors (Lipinski definition) is 8. The van der Waals surface area contributed by atoms with Crippen LogP contribution in [0.5, 0.6) is 23.0 Å². The minimum atomic E-state index is -0.0724. The zero-order valence-electron chi connectivity index (χ0n) is 36.7. The lowest BCUT2D eigenvalue weighted by molar-refractivity contribution is 0.477. The summed E-state index contributed by atoms with van der Waals surface area (Å²) in [5.41, 5.74) is 8.44. The van der Waals surface area contributed by atoms with E-state index in [0.29, 0.717) is 0 Å². The Morgan fingerprint density at radius 3 is 1.26 bits per heavy atom. The Balaban J connectivity index is 1.13. The van der Waals surface area contributed by atoms with E-state index in [9.17, 15) is 0 Å². The topological polar surface area (TPSA) is 67.1 Å². The number of fused-ring (bicyclic) bond motifs is 5. The number of aromatic nitrogens is 4. The van der Waals surface area contributed by atoms with Crippen LogP contribution in [-0.4, -0.2) is 56.3 Å². The van der Waals surface area contributed by atoms with E-state index in [1.807, 2.05) is 36.7 Å². The van der Waals surface area contributed by atoms with E-state index in [1.165, 1.54) is 11.1 Å². The van der Waals surface area contributed by atoms with Gasteiger partial charge in [-0.3, -0.25) is 9.13 Å². The minimum absolute atomic E-state index is 0.0724. The van der Waals surface area contributed by atoms with Crippen molar-refractivity contribution >= 4 is 44.2 Å².